The summed E-state index contributed by atoms with van der Waals surface area (Å²) in [4.78, 5) is 29.2. The number of rotatable bonds is 3. The molecule has 6 rings (SSSR count). The Morgan fingerprint density at radius 3 is 2.41 bits per heavy atom. The Bertz CT molecular complexity index is 1130. The predicted molar refractivity (Wildman–Crippen MR) is 110 cm³/mol. The third kappa shape index (κ3) is 3.23. The van der Waals surface area contributed by atoms with E-state index in [0.29, 0.717) is 43.4 Å². The van der Waals surface area contributed by atoms with E-state index in [0.717, 1.165) is 36.3 Å². The van der Waals surface area contributed by atoms with Crippen molar-refractivity contribution in [2.24, 2.45) is 11.8 Å². The normalized spacial score (nSPS) is 28.4. The Morgan fingerprint density at radius 1 is 1.09 bits per heavy atom. The zero-order valence-electron chi connectivity index (χ0n) is 17.2. The quantitative estimate of drug-likeness (QED) is 0.693. The highest BCUT2D eigenvalue weighted by atomic mass is 35.5. The summed E-state index contributed by atoms with van der Waals surface area (Å²) in [6, 6.07) is 2.68. The molecule has 2 aromatic rings. The van der Waals surface area contributed by atoms with Crippen molar-refractivity contribution in [1.29, 1.82) is 0 Å². The molecule has 4 aliphatic rings. The fraction of sp³-hybridized carbons (Fsp3) is 0.591. The van der Waals surface area contributed by atoms with E-state index in [1.165, 1.54) is 0 Å². The maximum absolute atomic E-state index is 13.7. The number of aromatic nitrogens is 2. The lowest BCUT2D eigenvalue weighted by atomic mass is 10.1. The van der Waals surface area contributed by atoms with E-state index in [-0.39, 0.29) is 34.1 Å². The number of hydrogen-bond donors (Lipinski definition) is 0. The monoisotopic (exact) mass is 466 g/mol. The molecule has 1 aliphatic heterocycles. The number of amides is 1. The molecule has 0 spiro atoms. The Balaban J connectivity index is 1.25. The van der Waals surface area contributed by atoms with Crippen LogP contribution in [0.4, 0.5) is 13.2 Å². The minimum Gasteiger partial charge on any atom is -0.335 e. The Labute approximate surface area is 187 Å². The molecule has 4 fully saturated rings. The molecule has 1 unspecified atom stereocenters. The van der Waals surface area contributed by atoms with Crippen molar-refractivity contribution in [3.05, 3.63) is 34.1 Å². The minimum atomic E-state index is -4.61. The van der Waals surface area contributed by atoms with Gasteiger partial charge in [0.25, 0.3) is 5.91 Å². The molecule has 0 bridgehead atoms. The van der Waals surface area contributed by atoms with Crippen LogP contribution in [-0.2, 0) is 11.0 Å². The Hall–Kier alpha value is -2.13. The van der Waals surface area contributed by atoms with Gasteiger partial charge >= 0.3 is 6.18 Å². The van der Waals surface area contributed by atoms with Gasteiger partial charge in [0.2, 0.25) is 0 Å². The van der Waals surface area contributed by atoms with Crippen LogP contribution in [0, 0.1) is 11.8 Å². The molecule has 3 atom stereocenters. The summed E-state index contributed by atoms with van der Waals surface area (Å²) in [5.74, 6) is 0.722. The predicted octanol–water partition coefficient (Wildman–Crippen LogP) is 3.62. The summed E-state index contributed by atoms with van der Waals surface area (Å²) < 4.78 is 41.8. The number of fused-ring (bicyclic) bond motifs is 2. The first kappa shape index (κ1) is 20.5. The summed E-state index contributed by atoms with van der Waals surface area (Å²) in [5.41, 5.74) is -0.377. The third-order valence-electron chi connectivity index (χ3n) is 7.42. The number of hydrogen-bond acceptors (Lipinski definition) is 4. The van der Waals surface area contributed by atoms with Crippen molar-refractivity contribution in [2.75, 3.05) is 26.2 Å². The first-order valence-corrected chi connectivity index (χ1v) is 11.5. The van der Waals surface area contributed by atoms with Crippen LogP contribution < -0.4 is 0 Å². The molecule has 1 amide bonds. The van der Waals surface area contributed by atoms with Crippen molar-refractivity contribution in [1.82, 2.24) is 19.4 Å². The maximum atomic E-state index is 13.7. The van der Waals surface area contributed by atoms with Crippen LogP contribution in [0.5, 0.6) is 0 Å². The van der Waals surface area contributed by atoms with Crippen LogP contribution in [-0.4, -0.2) is 63.3 Å². The van der Waals surface area contributed by atoms with Crippen molar-refractivity contribution < 1.29 is 22.8 Å². The van der Waals surface area contributed by atoms with Crippen LogP contribution in [0.1, 0.15) is 53.3 Å². The van der Waals surface area contributed by atoms with Crippen LogP contribution in [0.2, 0.25) is 5.02 Å². The third-order valence-corrected chi connectivity index (χ3v) is 7.80. The summed E-state index contributed by atoms with van der Waals surface area (Å²) >= 11 is 6.41. The van der Waals surface area contributed by atoms with Gasteiger partial charge in [-0.3, -0.25) is 14.5 Å². The Morgan fingerprint density at radius 2 is 1.81 bits per heavy atom. The van der Waals surface area contributed by atoms with E-state index in [1.54, 1.807) is 11.0 Å². The number of ketones is 1. The van der Waals surface area contributed by atoms with Gasteiger partial charge in [0.15, 0.2) is 11.5 Å². The van der Waals surface area contributed by atoms with E-state index in [2.05, 4.69) is 10.00 Å². The lowest BCUT2D eigenvalue weighted by Crippen LogP contribution is -2.53. The molecule has 1 saturated heterocycles. The van der Waals surface area contributed by atoms with Gasteiger partial charge in [-0.2, -0.15) is 18.3 Å². The van der Waals surface area contributed by atoms with Crippen LogP contribution in [0.3, 0.4) is 0 Å². The van der Waals surface area contributed by atoms with E-state index in [4.69, 9.17) is 11.6 Å². The average Bonchev–Trinajstić information content (AvgIpc) is 3.68. The van der Waals surface area contributed by atoms with Gasteiger partial charge < -0.3 is 4.90 Å². The number of carbonyl (C=O) groups excluding carboxylic acids is 2. The standard InChI is InChI=1S/C22H22ClF3N4O2/c23-18-15-8-12(11-1-2-11)10-17(22(24,25)26)30(15)27-19(18)21(32)29-5-3-28(4-6-29)16-9-13-7-14(13)20(16)31/h8,10-11,13-14,16H,1-7,9H2/t13-,14-,16?/m1/s1. The number of piperazine rings is 1. The number of halogens is 4. The first-order valence-electron chi connectivity index (χ1n) is 11.1. The van der Waals surface area contributed by atoms with Crippen LogP contribution in [0.25, 0.3) is 5.52 Å². The second-order valence-electron chi connectivity index (χ2n) is 9.49. The molecule has 3 aliphatic carbocycles. The van der Waals surface area contributed by atoms with Gasteiger partial charge in [-0.05, 0) is 55.2 Å². The number of nitrogens with zero attached hydrogens (tertiary/aromatic N) is 4. The van der Waals surface area contributed by atoms with E-state index >= 15 is 0 Å². The fourth-order valence-corrected chi connectivity index (χ4v) is 5.60. The number of alkyl halides is 3. The first-order chi connectivity index (χ1) is 15.2. The molecular weight excluding hydrogens is 445 g/mol. The summed E-state index contributed by atoms with van der Waals surface area (Å²) in [7, 11) is 0. The zero-order valence-corrected chi connectivity index (χ0v) is 18.0. The number of carbonyl (C=O) groups is 2. The lowest BCUT2D eigenvalue weighted by molar-refractivity contribution is -0.142. The second kappa shape index (κ2) is 6.93. The average molecular weight is 467 g/mol. The van der Waals surface area contributed by atoms with E-state index in [9.17, 15) is 22.8 Å². The van der Waals surface area contributed by atoms with Crippen molar-refractivity contribution in [2.45, 2.75) is 43.8 Å². The highest BCUT2D eigenvalue weighted by molar-refractivity contribution is 6.36. The zero-order chi connectivity index (χ0) is 22.4. The maximum Gasteiger partial charge on any atom is 0.433 e. The van der Waals surface area contributed by atoms with Crippen molar-refractivity contribution in [3.63, 3.8) is 0 Å². The SMILES string of the molecule is O=C1C(N2CCN(C(=O)c3nn4c(C(F)(F)F)cc(C5CC5)cc4c3Cl)CC2)C[C@H]2C[C@@H]12. The molecule has 170 valence electrons. The molecule has 32 heavy (non-hydrogen) atoms. The van der Waals surface area contributed by atoms with Gasteiger partial charge in [-0.1, -0.05) is 11.6 Å². The molecule has 0 N–H and O–H groups in total. The topological polar surface area (TPSA) is 57.9 Å². The van der Waals surface area contributed by atoms with Crippen LogP contribution in [0.15, 0.2) is 12.1 Å². The van der Waals surface area contributed by atoms with Crippen molar-refractivity contribution >= 4 is 28.8 Å². The van der Waals surface area contributed by atoms with E-state index < -0.39 is 17.8 Å². The number of Topliss-reactive ketones (excluding diaryl/α,β-unsaturated/α-hetero) is 1. The second-order valence-corrected chi connectivity index (χ2v) is 9.87. The van der Waals surface area contributed by atoms with Crippen LogP contribution >= 0.6 is 11.6 Å². The Kier molecular flexibility index (Phi) is 4.44. The smallest absolute Gasteiger partial charge is 0.335 e. The summed E-state index contributed by atoms with van der Waals surface area (Å²) in [6.07, 6.45) is -0.999. The lowest BCUT2D eigenvalue weighted by Gasteiger charge is -2.37. The summed E-state index contributed by atoms with van der Waals surface area (Å²) in [6.45, 7) is 1.90. The van der Waals surface area contributed by atoms with Crippen molar-refractivity contribution in [3.8, 4) is 0 Å². The molecule has 6 nitrogen and oxygen atoms in total. The van der Waals surface area contributed by atoms with E-state index in [1.807, 2.05) is 0 Å². The van der Waals surface area contributed by atoms with Gasteiger partial charge in [0.1, 0.15) is 5.69 Å². The molecule has 10 heteroatoms. The van der Waals surface area contributed by atoms with Gasteiger partial charge in [-0.25, -0.2) is 4.52 Å². The fourth-order valence-electron chi connectivity index (χ4n) is 5.35. The highest BCUT2D eigenvalue weighted by Gasteiger charge is 2.54. The molecule has 3 saturated carbocycles. The molecule has 2 aromatic heterocycles. The van der Waals surface area contributed by atoms with Gasteiger partial charge in [0, 0.05) is 32.1 Å². The molecule has 0 radical (unpaired) electrons. The summed E-state index contributed by atoms with van der Waals surface area (Å²) in [5, 5.41) is 3.96. The largest absolute Gasteiger partial charge is 0.433 e. The van der Waals surface area contributed by atoms with Gasteiger partial charge in [0.05, 0.1) is 16.6 Å². The van der Waals surface area contributed by atoms with Gasteiger partial charge in [-0.15, -0.1) is 0 Å². The molecule has 0 aromatic carbocycles. The molecular formula is C22H22ClF3N4O2. The number of pyridine rings is 1. The minimum absolute atomic E-state index is 0.0449. The highest BCUT2D eigenvalue weighted by Crippen LogP contribution is 2.50. The molecule has 3 heterocycles.